The van der Waals surface area contributed by atoms with E-state index in [0.717, 1.165) is 0 Å². The minimum Gasteiger partial charge on any atom is -0.482 e. The molecule has 3 aromatic rings. The molecule has 1 aromatic heterocycles. The zero-order valence-corrected chi connectivity index (χ0v) is 12.2. The third-order valence-electron chi connectivity index (χ3n) is 3.55. The van der Waals surface area contributed by atoms with Gasteiger partial charge in [0.2, 0.25) is 0 Å². The van der Waals surface area contributed by atoms with Gasteiger partial charge in [0.25, 0.3) is 11.8 Å². The maximum Gasteiger partial charge on any atom is 0.417 e. The van der Waals surface area contributed by atoms with Gasteiger partial charge < -0.3 is 19.8 Å². The van der Waals surface area contributed by atoms with Gasteiger partial charge in [-0.2, -0.15) is 0 Å². The van der Waals surface area contributed by atoms with Crippen LogP contribution in [0.1, 0.15) is 10.4 Å². The van der Waals surface area contributed by atoms with Gasteiger partial charge in [-0.3, -0.25) is 14.6 Å². The number of aromatic nitrogens is 1. The normalized spacial score (nSPS) is 13.1. The van der Waals surface area contributed by atoms with Gasteiger partial charge in [0.15, 0.2) is 12.2 Å². The van der Waals surface area contributed by atoms with Crippen LogP contribution in [0, 0.1) is 0 Å². The number of H-pyrrole nitrogens is 1. The Morgan fingerprint density at radius 3 is 2.88 bits per heavy atom. The van der Waals surface area contributed by atoms with Crippen molar-refractivity contribution in [3.63, 3.8) is 0 Å². The number of benzene rings is 2. The third kappa shape index (κ3) is 2.50. The molecule has 4 rings (SSSR count). The van der Waals surface area contributed by atoms with Crippen molar-refractivity contribution in [3.8, 4) is 5.75 Å². The third-order valence-corrected chi connectivity index (χ3v) is 3.55. The Hall–Kier alpha value is -3.55. The zero-order valence-electron chi connectivity index (χ0n) is 12.2. The fourth-order valence-corrected chi connectivity index (χ4v) is 2.45. The molecule has 24 heavy (non-hydrogen) atoms. The number of amides is 2. The van der Waals surface area contributed by atoms with Crippen LogP contribution in [0.4, 0.5) is 11.4 Å². The average Bonchev–Trinajstić information content (AvgIpc) is 2.93. The Balaban J connectivity index is 1.59. The summed E-state index contributed by atoms with van der Waals surface area (Å²) in [4.78, 5) is 37.3. The van der Waals surface area contributed by atoms with Crippen molar-refractivity contribution < 1.29 is 18.7 Å². The minimum atomic E-state index is -0.553. The van der Waals surface area contributed by atoms with E-state index in [-0.39, 0.29) is 18.4 Å². The second-order valence-corrected chi connectivity index (χ2v) is 5.23. The van der Waals surface area contributed by atoms with Crippen LogP contribution in [0.25, 0.3) is 11.1 Å². The van der Waals surface area contributed by atoms with E-state index >= 15 is 0 Å². The molecule has 0 unspecified atom stereocenters. The molecular weight excluding hydrogens is 314 g/mol. The molecule has 2 heterocycles. The average molecular weight is 325 g/mol. The van der Waals surface area contributed by atoms with Crippen LogP contribution in [0.3, 0.4) is 0 Å². The van der Waals surface area contributed by atoms with Crippen LogP contribution >= 0.6 is 0 Å². The predicted octanol–water partition coefficient (Wildman–Crippen LogP) is 1.70. The van der Waals surface area contributed by atoms with E-state index in [0.29, 0.717) is 33.8 Å². The van der Waals surface area contributed by atoms with Crippen molar-refractivity contribution in [1.29, 1.82) is 0 Å². The predicted molar refractivity (Wildman–Crippen MR) is 85.4 cm³/mol. The molecule has 0 bridgehead atoms. The minimum absolute atomic E-state index is 0.0808. The molecule has 1 aliphatic heterocycles. The summed E-state index contributed by atoms with van der Waals surface area (Å²) in [6.45, 7) is -0.0808. The van der Waals surface area contributed by atoms with E-state index < -0.39 is 5.76 Å². The molecule has 120 valence electrons. The second-order valence-electron chi connectivity index (χ2n) is 5.23. The molecular formula is C16H11N3O5. The molecule has 0 saturated carbocycles. The van der Waals surface area contributed by atoms with Gasteiger partial charge in [-0.1, -0.05) is 0 Å². The number of fused-ring (bicyclic) bond motifs is 2. The van der Waals surface area contributed by atoms with Crippen molar-refractivity contribution in [2.45, 2.75) is 0 Å². The first-order valence-electron chi connectivity index (χ1n) is 7.09. The fourth-order valence-electron chi connectivity index (χ4n) is 2.45. The molecule has 2 amide bonds. The molecule has 0 aliphatic carbocycles. The summed E-state index contributed by atoms with van der Waals surface area (Å²) < 4.78 is 10.2. The SMILES string of the molecule is O=C1COc2cc(C(=O)Nc3ccc4oc(=O)[nH]c4c3)ccc2N1. The van der Waals surface area contributed by atoms with Crippen LogP contribution in [0.15, 0.2) is 45.6 Å². The van der Waals surface area contributed by atoms with E-state index in [1.807, 2.05) is 0 Å². The summed E-state index contributed by atoms with van der Waals surface area (Å²) in [7, 11) is 0. The molecule has 3 N–H and O–H groups in total. The second kappa shape index (κ2) is 5.27. The number of hydrogen-bond acceptors (Lipinski definition) is 5. The number of carbonyl (C=O) groups excluding carboxylic acids is 2. The lowest BCUT2D eigenvalue weighted by Gasteiger charge is -2.18. The number of anilines is 2. The monoisotopic (exact) mass is 325 g/mol. The lowest BCUT2D eigenvalue weighted by Crippen LogP contribution is -2.25. The highest BCUT2D eigenvalue weighted by molar-refractivity contribution is 6.06. The maximum atomic E-state index is 12.4. The van der Waals surface area contributed by atoms with Gasteiger partial charge in [0.1, 0.15) is 5.75 Å². The molecule has 0 atom stereocenters. The van der Waals surface area contributed by atoms with Gasteiger partial charge in [-0.25, -0.2) is 4.79 Å². The standard InChI is InChI=1S/C16H11N3O5/c20-14-7-23-13-5-8(1-3-10(13)18-14)15(21)17-9-2-4-12-11(6-9)19-16(22)24-12/h1-6H,7H2,(H,17,21)(H,18,20)(H,19,22). The molecule has 2 aromatic carbocycles. The van der Waals surface area contributed by atoms with E-state index in [4.69, 9.17) is 9.15 Å². The van der Waals surface area contributed by atoms with E-state index in [1.165, 1.54) is 0 Å². The van der Waals surface area contributed by atoms with Crippen molar-refractivity contribution in [2.75, 3.05) is 17.2 Å². The van der Waals surface area contributed by atoms with Crippen LogP contribution in [-0.4, -0.2) is 23.4 Å². The summed E-state index contributed by atoms with van der Waals surface area (Å²) in [5, 5.41) is 5.39. The lowest BCUT2D eigenvalue weighted by atomic mass is 10.1. The first-order valence-corrected chi connectivity index (χ1v) is 7.09. The van der Waals surface area contributed by atoms with Crippen molar-refractivity contribution in [1.82, 2.24) is 4.98 Å². The van der Waals surface area contributed by atoms with Gasteiger partial charge >= 0.3 is 5.76 Å². The smallest absolute Gasteiger partial charge is 0.417 e. The Kier molecular flexibility index (Phi) is 3.09. The topological polar surface area (TPSA) is 113 Å². The Labute approximate surface area is 134 Å². The largest absolute Gasteiger partial charge is 0.482 e. The van der Waals surface area contributed by atoms with Gasteiger partial charge in [0.05, 0.1) is 11.2 Å². The summed E-state index contributed by atoms with van der Waals surface area (Å²) in [5.41, 5.74) is 2.33. The number of oxazole rings is 1. The van der Waals surface area contributed by atoms with Crippen LogP contribution in [-0.2, 0) is 4.79 Å². The van der Waals surface area contributed by atoms with E-state index in [2.05, 4.69) is 15.6 Å². The number of rotatable bonds is 2. The van der Waals surface area contributed by atoms with Crippen molar-refractivity contribution in [3.05, 3.63) is 52.5 Å². The van der Waals surface area contributed by atoms with Crippen LogP contribution < -0.4 is 21.1 Å². The summed E-state index contributed by atoms with van der Waals surface area (Å²) in [6, 6.07) is 9.58. The molecule has 0 fully saturated rings. The Bertz CT molecular complexity index is 1030. The summed E-state index contributed by atoms with van der Waals surface area (Å²) in [5.74, 6) is -0.690. The molecule has 8 heteroatoms. The number of hydrogen-bond donors (Lipinski definition) is 3. The maximum absolute atomic E-state index is 12.4. The molecule has 1 aliphatic rings. The number of nitrogens with one attached hydrogen (secondary N) is 3. The van der Waals surface area contributed by atoms with E-state index in [9.17, 15) is 14.4 Å². The fraction of sp³-hybridized carbons (Fsp3) is 0.0625. The quantitative estimate of drug-likeness (QED) is 0.664. The first kappa shape index (κ1) is 14.1. The van der Waals surface area contributed by atoms with Crippen molar-refractivity contribution >= 4 is 34.3 Å². The lowest BCUT2D eigenvalue weighted by molar-refractivity contribution is -0.118. The van der Waals surface area contributed by atoms with Crippen LogP contribution in [0.2, 0.25) is 0 Å². The van der Waals surface area contributed by atoms with Gasteiger partial charge in [0, 0.05) is 11.3 Å². The van der Waals surface area contributed by atoms with Gasteiger partial charge in [-0.15, -0.1) is 0 Å². The molecule has 0 saturated heterocycles. The zero-order chi connectivity index (χ0) is 16.7. The number of aromatic amines is 1. The van der Waals surface area contributed by atoms with E-state index in [1.54, 1.807) is 36.4 Å². The first-order chi connectivity index (χ1) is 11.6. The summed E-state index contributed by atoms with van der Waals surface area (Å²) in [6.07, 6.45) is 0. The molecule has 0 spiro atoms. The Morgan fingerprint density at radius 1 is 1.12 bits per heavy atom. The van der Waals surface area contributed by atoms with Gasteiger partial charge in [-0.05, 0) is 36.4 Å². The highest BCUT2D eigenvalue weighted by atomic mass is 16.5. The highest BCUT2D eigenvalue weighted by Gasteiger charge is 2.18. The highest BCUT2D eigenvalue weighted by Crippen LogP contribution is 2.29. The van der Waals surface area contributed by atoms with Crippen LogP contribution in [0.5, 0.6) is 5.75 Å². The Morgan fingerprint density at radius 2 is 2.00 bits per heavy atom. The number of carbonyl (C=O) groups is 2. The molecule has 0 radical (unpaired) electrons. The summed E-state index contributed by atoms with van der Waals surface area (Å²) >= 11 is 0. The van der Waals surface area contributed by atoms with Crippen molar-refractivity contribution in [2.24, 2.45) is 0 Å². The molecule has 8 nitrogen and oxygen atoms in total. The number of ether oxygens (including phenoxy) is 1.